The van der Waals surface area contributed by atoms with Gasteiger partial charge in [-0.1, -0.05) is 37.6 Å². The molecule has 2 aromatic carbocycles. The molecule has 0 aliphatic carbocycles. The molecule has 2 aromatic rings. The first-order chi connectivity index (χ1) is 13.1. The Morgan fingerprint density at radius 3 is 2.04 bits per heavy atom. The Kier molecular flexibility index (Phi) is 8.85. The molecular formula is C23H30O4. The average molecular weight is 370 g/mol. The average Bonchev–Trinajstić information content (AvgIpc) is 2.67. The van der Waals surface area contributed by atoms with E-state index < -0.39 is 0 Å². The predicted molar refractivity (Wildman–Crippen MR) is 107 cm³/mol. The molecular weight excluding hydrogens is 340 g/mol. The van der Waals surface area contributed by atoms with Gasteiger partial charge in [0, 0.05) is 19.4 Å². The summed E-state index contributed by atoms with van der Waals surface area (Å²) in [4.78, 5) is 12.4. The Balaban J connectivity index is 1.82. The number of Topliss-reactive ketones (excluding diaryl/α,β-unsaturated/α-hetero) is 1. The van der Waals surface area contributed by atoms with Crippen molar-refractivity contribution in [3.05, 3.63) is 59.7 Å². The fourth-order valence-electron chi connectivity index (χ4n) is 2.93. The van der Waals surface area contributed by atoms with Crippen LogP contribution in [-0.2, 0) is 22.4 Å². The molecule has 0 aromatic heterocycles. The van der Waals surface area contributed by atoms with Crippen LogP contribution < -0.4 is 0 Å². The quantitative estimate of drug-likeness (QED) is 0.526. The molecule has 0 saturated carbocycles. The van der Waals surface area contributed by atoms with Crippen molar-refractivity contribution >= 4 is 5.78 Å². The molecule has 0 heterocycles. The minimum Gasteiger partial charge on any atom is -0.508 e. The molecule has 4 heteroatoms. The Labute approximate surface area is 161 Å². The third-order valence-electron chi connectivity index (χ3n) is 4.63. The monoisotopic (exact) mass is 370 g/mol. The number of unbranched alkanes of at least 4 members (excludes halogenated alkanes) is 1. The number of hydrogen-bond donors (Lipinski definition) is 2. The minimum atomic E-state index is -0.0716. The van der Waals surface area contributed by atoms with Crippen LogP contribution in [-0.4, -0.2) is 28.7 Å². The summed E-state index contributed by atoms with van der Waals surface area (Å²) in [6, 6.07) is 14.2. The number of hydrogen-bond acceptors (Lipinski definition) is 4. The van der Waals surface area contributed by atoms with Gasteiger partial charge < -0.3 is 14.9 Å². The van der Waals surface area contributed by atoms with Crippen molar-refractivity contribution in [3.8, 4) is 11.5 Å². The topological polar surface area (TPSA) is 66.8 Å². The third-order valence-corrected chi connectivity index (χ3v) is 4.63. The first-order valence-corrected chi connectivity index (χ1v) is 9.76. The third kappa shape index (κ3) is 8.27. The van der Waals surface area contributed by atoms with E-state index in [-0.39, 0.29) is 23.4 Å². The summed E-state index contributed by atoms with van der Waals surface area (Å²) in [5, 5.41) is 18.7. The minimum absolute atomic E-state index is 0.0716. The molecule has 4 nitrogen and oxygen atoms in total. The molecule has 146 valence electrons. The van der Waals surface area contributed by atoms with Gasteiger partial charge in [-0.15, -0.1) is 0 Å². The lowest BCUT2D eigenvalue weighted by atomic mass is 10.00. The molecule has 0 spiro atoms. The molecule has 0 bridgehead atoms. The molecule has 0 saturated heterocycles. The van der Waals surface area contributed by atoms with Crippen LogP contribution in [0, 0.1) is 0 Å². The molecule has 0 aliphatic rings. The predicted octanol–water partition coefficient (Wildman–Crippen LogP) is 4.81. The molecule has 0 unspecified atom stereocenters. The number of rotatable bonds is 12. The van der Waals surface area contributed by atoms with Gasteiger partial charge >= 0.3 is 0 Å². The Morgan fingerprint density at radius 1 is 0.926 bits per heavy atom. The van der Waals surface area contributed by atoms with Crippen molar-refractivity contribution in [2.75, 3.05) is 6.61 Å². The zero-order valence-corrected chi connectivity index (χ0v) is 16.1. The number of ketones is 1. The van der Waals surface area contributed by atoms with E-state index >= 15 is 0 Å². The Morgan fingerprint density at radius 2 is 1.48 bits per heavy atom. The fraction of sp³-hybridized carbons (Fsp3) is 0.435. The maximum atomic E-state index is 12.4. The van der Waals surface area contributed by atoms with Gasteiger partial charge in [-0.3, -0.25) is 4.79 Å². The van der Waals surface area contributed by atoms with Gasteiger partial charge in [-0.25, -0.2) is 0 Å². The first kappa shape index (κ1) is 21.0. The highest BCUT2D eigenvalue weighted by Gasteiger charge is 2.15. The lowest BCUT2D eigenvalue weighted by molar-refractivity contribution is -0.122. The van der Waals surface area contributed by atoms with Gasteiger partial charge in [0.25, 0.3) is 0 Å². The second-order valence-corrected chi connectivity index (χ2v) is 6.96. The van der Waals surface area contributed by atoms with Gasteiger partial charge in [0.15, 0.2) is 0 Å². The molecule has 0 amide bonds. The summed E-state index contributed by atoms with van der Waals surface area (Å²) in [6.07, 6.45) is 5.20. The van der Waals surface area contributed by atoms with E-state index in [0.717, 1.165) is 36.8 Å². The fourth-order valence-corrected chi connectivity index (χ4v) is 2.93. The number of phenolic OH excluding ortho intramolecular Hbond substituents is 2. The number of aryl methyl sites for hydroxylation is 2. The SMILES string of the molecule is CCCCO[C@@H](CCc1ccc(O)cc1)CC(=O)CCc1ccc(O)cc1. The van der Waals surface area contributed by atoms with E-state index in [1.54, 1.807) is 24.3 Å². The number of carbonyl (C=O) groups is 1. The number of aromatic hydroxyl groups is 2. The van der Waals surface area contributed by atoms with Gasteiger partial charge in [0.2, 0.25) is 0 Å². The van der Waals surface area contributed by atoms with E-state index in [4.69, 9.17) is 4.74 Å². The van der Waals surface area contributed by atoms with E-state index in [0.29, 0.717) is 25.9 Å². The van der Waals surface area contributed by atoms with Crippen LogP contribution in [0.5, 0.6) is 11.5 Å². The summed E-state index contributed by atoms with van der Waals surface area (Å²) in [6.45, 7) is 2.81. The van der Waals surface area contributed by atoms with Crippen LogP contribution in [0.1, 0.15) is 50.2 Å². The molecule has 0 aliphatic heterocycles. The van der Waals surface area contributed by atoms with Crippen LogP contribution in [0.2, 0.25) is 0 Å². The lowest BCUT2D eigenvalue weighted by Gasteiger charge is -2.17. The van der Waals surface area contributed by atoms with Gasteiger partial charge in [-0.2, -0.15) is 0 Å². The van der Waals surface area contributed by atoms with Crippen LogP contribution in [0.3, 0.4) is 0 Å². The van der Waals surface area contributed by atoms with Crippen LogP contribution in [0.15, 0.2) is 48.5 Å². The molecule has 1 atom stereocenters. The zero-order valence-electron chi connectivity index (χ0n) is 16.1. The zero-order chi connectivity index (χ0) is 19.5. The van der Waals surface area contributed by atoms with Crippen molar-refractivity contribution < 1.29 is 19.7 Å². The largest absolute Gasteiger partial charge is 0.508 e. The Bertz CT molecular complexity index is 677. The highest BCUT2D eigenvalue weighted by Crippen LogP contribution is 2.17. The number of carbonyl (C=O) groups excluding carboxylic acids is 1. The number of phenols is 2. The second kappa shape index (κ2) is 11.4. The van der Waals surface area contributed by atoms with Crippen LogP contribution >= 0.6 is 0 Å². The van der Waals surface area contributed by atoms with E-state index in [1.165, 1.54) is 0 Å². The summed E-state index contributed by atoms with van der Waals surface area (Å²) in [5.41, 5.74) is 2.18. The normalized spacial score (nSPS) is 12.0. The number of ether oxygens (including phenoxy) is 1. The second-order valence-electron chi connectivity index (χ2n) is 6.96. The van der Waals surface area contributed by atoms with E-state index in [1.807, 2.05) is 24.3 Å². The van der Waals surface area contributed by atoms with Crippen molar-refractivity contribution in [1.82, 2.24) is 0 Å². The first-order valence-electron chi connectivity index (χ1n) is 9.76. The summed E-state index contributed by atoms with van der Waals surface area (Å²) >= 11 is 0. The standard InChI is InChI=1S/C23H30O4/c1-2-3-16-27-23(15-9-19-6-12-21(25)13-7-19)17-22(26)14-8-18-4-10-20(24)11-5-18/h4-7,10-13,23-25H,2-3,8-9,14-17H2,1H3/t23-/m0/s1. The van der Waals surface area contributed by atoms with E-state index in [9.17, 15) is 15.0 Å². The summed E-state index contributed by atoms with van der Waals surface area (Å²) in [5.74, 6) is 0.706. The molecule has 2 N–H and O–H groups in total. The Hall–Kier alpha value is -2.33. The van der Waals surface area contributed by atoms with Crippen molar-refractivity contribution in [2.45, 2.75) is 58.0 Å². The summed E-state index contributed by atoms with van der Waals surface area (Å²) < 4.78 is 5.96. The maximum absolute atomic E-state index is 12.4. The molecule has 0 radical (unpaired) electrons. The van der Waals surface area contributed by atoms with Crippen molar-refractivity contribution in [1.29, 1.82) is 0 Å². The van der Waals surface area contributed by atoms with Crippen molar-refractivity contribution in [3.63, 3.8) is 0 Å². The molecule has 27 heavy (non-hydrogen) atoms. The van der Waals surface area contributed by atoms with Crippen LogP contribution in [0.4, 0.5) is 0 Å². The molecule has 0 fully saturated rings. The van der Waals surface area contributed by atoms with Crippen LogP contribution in [0.25, 0.3) is 0 Å². The van der Waals surface area contributed by atoms with Gasteiger partial charge in [0.1, 0.15) is 17.3 Å². The summed E-state index contributed by atoms with van der Waals surface area (Å²) in [7, 11) is 0. The molecule has 2 rings (SSSR count). The smallest absolute Gasteiger partial charge is 0.135 e. The van der Waals surface area contributed by atoms with Gasteiger partial charge in [-0.05, 0) is 61.1 Å². The lowest BCUT2D eigenvalue weighted by Crippen LogP contribution is -2.20. The van der Waals surface area contributed by atoms with E-state index in [2.05, 4.69) is 6.92 Å². The highest BCUT2D eigenvalue weighted by molar-refractivity contribution is 5.79. The number of benzene rings is 2. The highest BCUT2D eigenvalue weighted by atomic mass is 16.5. The van der Waals surface area contributed by atoms with Crippen molar-refractivity contribution in [2.24, 2.45) is 0 Å². The maximum Gasteiger partial charge on any atom is 0.135 e. The van der Waals surface area contributed by atoms with Gasteiger partial charge in [0.05, 0.1) is 6.10 Å².